The van der Waals surface area contributed by atoms with Crippen molar-refractivity contribution in [3.05, 3.63) is 29.3 Å². The third-order valence-electron chi connectivity index (χ3n) is 3.03. The van der Waals surface area contributed by atoms with Gasteiger partial charge in [-0.3, -0.25) is 0 Å². The molecule has 0 radical (unpaired) electrons. The Morgan fingerprint density at radius 1 is 1.29 bits per heavy atom. The van der Waals surface area contributed by atoms with Crippen LogP contribution in [0.5, 0.6) is 5.75 Å². The zero-order valence-electron chi connectivity index (χ0n) is 11.2. The number of rotatable bonds is 7. The lowest BCUT2D eigenvalue weighted by Crippen LogP contribution is -2.27. The summed E-state index contributed by atoms with van der Waals surface area (Å²) in [5, 5.41) is 0. The Kier molecular flexibility index (Phi) is 6.01. The van der Waals surface area contributed by atoms with Crippen LogP contribution in [0.15, 0.2) is 18.2 Å². The number of nitrogens with zero attached hydrogens (tertiary/aromatic N) is 1. The van der Waals surface area contributed by atoms with Gasteiger partial charge in [-0.05, 0) is 37.1 Å². The van der Waals surface area contributed by atoms with Crippen molar-refractivity contribution < 1.29 is 4.74 Å². The van der Waals surface area contributed by atoms with Gasteiger partial charge in [0.15, 0.2) is 0 Å². The van der Waals surface area contributed by atoms with E-state index in [9.17, 15) is 0 Å². The molecule has 0 atom stereocenters. The van der Waals surface area contributed by atoms with Gasteiger partial charge in [-0.2, -0.15) is 0 Å². The van der Waals surface area contributed by atoms with Crippen molar-refractivity contribution in [2.24, 2.45) is 5.73 Å². The van der Waals surface area contributed by atoms with Crippen molar-refractivity contribution in [2.75, 3.05) is 33.8 Å². The minimum atomic E-state index is 0.711. The number of likely N-dealkylation sites (N-methyl/N-ethyl adjacent to an activating group) is 1. The predicted molar refractivity (Wildman–Crippen MR) is 72.6 cm³/mol. The number of hydrogen-bond acceptors (Lipinski definition) is 3. The average Bonchev–Trinajstić information content (AvgIpc) is 2.36. The van der Waals surface area contributed by atoms with Crippen LogP contribution in [-0.2, 0) is 12.8 Å². The molecule has 96 valence electrons. The maximum Gasteiger partial charge on any atom is 0.122 e. The van der Waals surface area contributed by atoms with Gasteiger partial charge in [0.05, 0.1) is 7.11 Å². The van der Waals surface area contributed by atoms with Gasteiger partial charge in [0.2, 0.25) is 0 Å². The summed E-state index contributed by atoms with van der Waals surface area (Å²) in [6.07, 6.45) is 2.07. The maximum atomic E-state index is 5.53. The van der Waals surface area contributed by atoms with Crippen LogP contribution in [0.4, 0.5) is 0 Å². The van der Waals surface area contributed by atoms with E-state index in [-0.39, 0.29) is 0 Å². The summed E-state index contributed by atoms with van der Waals surface area (Å²) < 4.78 is 5.39. The topological polar surface area (TPSA) is 38.5 Å². The highest BCUT2D eigenvalue weighted by molar-refractivity contribution is 5.37. The lowest BCUT2D eigenvalue weighted by molar-refractivity contribution is 0.343. The van der Waals surface area contributed by atoms with Crippen LogP contribution in [0, 0.1) is 0 Å². The molecule has 1 rings (SSSR count). The minimum Gasteiger partial charge on any atom is -0.496 e. The van der Waals surface area contributed by atoms with Crippen molar-refractivity contribution in [3.63, 3.8) is 0 Å². The normalized spacial score (nSPS) is 10.9. The standard InChI is InChI=1S/C14H24N2O/c1-4-12-5-6-14(17-3)13(11-12)7-9-16(2)10-8-15/h5-6,11H,4,7-10,15H2,1-3H3. The van der Waals surface area contributed by atoms with Gasteiger partial charge in [0, 0.05) is 19.6 Å². The van der Waals surface area contributed by atoms with Crippen molar-refractivity contribution in [2.45, 2.75) is 19.8 Å². The summed E-state index contributed by atoms with van der Waals surface area (Å²) in [5.41, 5.74) is 8.18. The van der Waals surface area contributed by atoms with Crippen LogP contribution in [0.3, 0.4) is 0 Å². The molecule has 1 aromatic rings. The van der Waals surface area contributed by atoms with Gasteiger partial charge in [0.1, 0.15) is 5.75 Å². The molecular weight excluding hydrogens is 212 g/mol. The first kappa shape index (κ1) is 14.0. The second kappa shape index (κ2) is 7.30. The van der Waals surface area contributed by atoms with Crippen LogP contribution >= 0.6 is 0 Å². The molecule has 0 aromatic heterocycles. The summed E-state index contributed by atoms with van der Waals surface area (Å²) in [6.45, 7) is 4.84. The van der Waals surface area contributed by atoms with Gasteiger partial charge in [0.25, 0.3) is 0 Å². The number of methoxy groups -OCH3 is 1. The highest BCUT2D eigenvalue weighted by atomic mass is 16.5. The zero-order valence-corrected chi connectivity index (χ0v) is 11.2. The Hall–Kier alpha value is -1.06. The van der Waals surface area contributed by atoms with E-state index in [2.05, 4.69) is 37.1 Å². The summed E-state index contributed by atoms with van der Waals surface area (Å²) >= 11 is 0. The molecule has 0 aliphatic rings. The highest BCUT2D eigenvalue weighted by Gasteiger charge is 2.05. The molecule has 3 nitrogen and oxygen atoms in total. The van der Waals surface area contributed by atoms with Crippen molar-refractivity contribution in [1.82, 2.24) is 4.90 Å². The van der Waals surface area contributed by atoms with Crippen LogP contribution in [-0.4, -0.2) is 38.7 Å². The molecule has 0 amide bonds. The average molecular weight is 236 g/mol. The highest BCUT2D eigenvalue weighted by Crippen LogP contribution is 2.20. The summed E-state index contributed by atoms with van der Waals surface area (Å²) in [5.74, 6) is 0.989. The molecular formula is C14H24N2O. The maximum absolute atomic E-state index is 5.53. The van der Waals surface area contributed by atoms with Crippen molar-refractivity contribution in [1.29, 1.82) is 0 Å². The van der Waals surface area contributed by atoms with Crippen LogP contribution in [0.25, 0.3) is 0 Å². The molecule has 0 fully saturated rings. The van der Waals surface area contributed by atoms with Crippen LogP contribution in [0.1, 0.15) is 18.1 Å². The second-order valence-electron chi connectivity index (χ2n) is 4.34. The fourth-order valence-electron chi connectivity index (χ4n) is 1.89. The fraction of sp³-hybridized carbons (Fsp3) is 0.571. The van der Waals surface area contributed by atoms with E-state index in [1.807, 2.05) is 0 Å². The minimum absolute atomic E-state index is 0.711. The SMILES string of the molecule is CCc1ccc(OC)c(CCN(C)CCN)c1. The molecule has 0 aliphatic carbocycles. The predicted octanol–water partition coefficient (Wildman–Crippen LogP) is 1.69. The van der Waals surface area contributed by atoms with Crippen molar-refractivity contribution in [3.8, 4) is 5.75 Å². The molecule has 2 N–H and O–H groups in total. The third kappa shape index (κ3) is 4.36. The van der Waals surface area contributed by atoms with E-state index in [0.29, 0.717) is 6.54 Å². The van der Waals surface area contributed by atoms with Gasteiger partial charge >= 0.3 is 0 Å². The first-order valence-corrected chi connectivity index (χ1v) is 6.25. The Balaban J connectivity index is 2.67. The largest absolute Gasteiger partial charge is 0.496 e. The molecule has 3 heteroatoms. The zero-order chi connectivity index (χ0) is 12.7. The lowest BCUT2D eigenvalue weighted by atomic mass is 10.0. The van der Waals surface area contributed by atoms with Gasteiger partial charge < -0.3 is 15.4 Å². The summed E-state index contributed by atoms with van der Waals surface area (Å²) in [7, 11) is 3.83. The Labute approximate surface area is 105 Å². The smallest absolute Gasteiger partial charge is 0.122 e. The molecule has 0 spiro atoms. The summed E-state index contributed by atoms with van der Waals surface area (Å²) in [6, 6.07) is 6.44. The van der Waals surface area contributed by atoms with E-state index in [0.717, 1.165) is 31.7 Å². The van der Waals surface area contributed by atoms with E-state index < -0.39 is 0 Å². The molecule has 0 heterocycles. The van der Waals surface area contributed by atoms with Gasteiger partial charge in [-0.1, -0.05) is 19.1 Å². The Bertz CT molecular complexity index is 339. The molecule has 0 aliphatic heterocycles. The number of aryl methyl sites for hydroxylation is 1. The number of ether oxygens (including phenoxy) is 1. The molecule has 0 saturated heterocycles. The number of hydrogen-bond donors (Lipinski definition) is 1. The Morgan fingerprint density at radius 3 is 2.65 bits per heavy atom. The first-order chi connectivity index (χ1) is 8.21. The van der Waals surface area contributed by atoms with E-state index >= 15 is 0 Å². The van der Waals surface area contributed by atoms with E-state index in [4.69, 9.17) is 10.5 Å². The van der Waals surface area contributed by atoms with E-state index in [1.54, 1.807) is 7.11 Å². The molecule has 0 saturated carbocycles. The van der Waals surface area contributed by atoms with Gasteiger partial charge in [-0.25, -0.2) is 0 Å². The fourth-order valence-corrected chi connectivity index (χ4v) is 1.89. The number of nitrogens with two attached hydrogens (primary N) is 1. The van der Waals surface area contributed by atoms with Crippen LogP contribution in [0.2, 0.25) is 0 Å². The summed E-state index contributed by atoms with van der Waals surface area (Å²) in [4.78, 5) is 2.25. The second-order valence-corrected chi connectivity index (χ2v) is 4.34. The Morgan fingerprint density at radius 2 is 2.06 bits per heavy atom. The van der Waals surface area contributed by atoms with Crippen molar-refractivity contribution >= 4 is 0 Å². The first-order valence-electron chi connectivity index (χ1n) is 6.25. The quantitative estimate of drug-likeness (QED) is 0.783. The molecule has 0 unspecified atom stereocenters. The van der Waals surface area contributed by atoms with Gasteiger partial charge in [-0.15, -0.1) is 0 Å². The molecule has 1 aromatic carbocycles. The molecule has 17 heavy (non-hydrogen) atoms. The third-order valence-corrected chi connectivity index (χ3v) is 3.03. The molecule has 0 bridgehead atoms. The van der Waals surface area contributed by atoms with Crippen LogP contribution < -0.4 is 10.5 Å². The monoisotopic (exact) mass is 236 g/mol. The van der Waals surface area contributed by atoms with E-state index in [1.165, 1.54) is 11.1 Å². The number of benzene rings is 1. The lowest BCUT2D eigenvalue weighted by Gasteiger charge is -2.16.